The molecular formula is C9H13Cl2N3O. The third-order valence-corrected chi connectivity index (χ3v) is 2.37. The zero-order valence-corrected chi connectivity index (χ0v) is 9.85. The van der Waals surface area contributed by atoms with E-state index in [2.05, 4.69) is 10.4 Å². The van der Waals surface area contributed by atoms with Gasteiger partial charge in [0, 0.05) is 12.8 Å². The molecule has 0 aliphatic heterocycles. The summed E-state index contributed by atoms with van der Waals surface area (Å²) in [5.41, 5.74) is 3.23. The van der Waals surface area contributed by atoms with E-state index in [4.69, 9.17) is 33.8 Å². The number of aromatic nitrogens is 1. The number of nitrogens with zero attached hydrogens (tertiary/aromatic N) is 1. The first kappa shape index (κ1) is 12.7. The zero-order valence-electron chi connectivity index (χ0n) is 8.34. The highest BCUT2D eigenvalue weighted by atomic mass is 35.5. The van der Waals surface area contributed by atoms with Gasteiger partial charge in [0.15, 0.2) is 0 Å². The van der Waals surface area contributed by atoms with E-state index in [1.54, 1.807) is 6.07 Å². The third kappa shape index (κ3) is 3.59. The molecule has 1 aromatic heterocycles. The molecule has 1 unspecified atom stereocenters. The minimum atomic E-state index is -0.227. The van der Waals surface area contributed by atoms with E-state index in [0.717, 1.165) is 0 Å². The molecule has 4 nitrogen and oxygen atoms in total. The van der Waals surface area contributed by atoms with Crippen molar-refractivity contribution in [3.05, 3.63) is 28.0 Å². The van der Waals surface area contributed by atoms with Crippen LogP contribution in [-0.2, 0) is 4.74 Å². The minimum absolute atomic E-state index is 0.227. The van der Waals surface area contributed by atoms with Gasteiger partial charge in [-0.15, -0.1) is 0 Å². The van der Waals surface area contributed by atoms with Crippen LogP contribution >= 0.6 is 23.2 Å². The van der Waals surface area contributed by atoms with Crippen LogP contribution in [0.5, 0.6) is 0 Å². The lowest BCUT2D eigenvalue weighted by Crippen LogP contribution is -2.32. The summed E-state index contributed by atoms with van der Waals surface area (Å²) in [6, 6.07) is 1.40. The largest absolute Gasteiger partial charge is 0.380 e. The number of hydrazine groups is 1. The Morgan fingerprint density at radius 3 is 2.87 bits per heavy atom. The van der Waals surface area contributed by atoms with Crippen LogP contribution in [0.15, 0.2) is 12.3 Å². The standard InChI is InChI=1S/C9H13Cl2N3O/c1-2-15-5-8(14-12)9-7(11)3-6(10)4-13-9/h3-4,8,14H,2,5,12H2,1H3. The molecule has 1 heterocycles. The van der Waals surface area contributed by atoms with E-state index in [0.29, 0.717) is 29.0 Å². The molecule has 0 spiro atoms. The van der Waals surface area contributed by atoms with E-state index in [9.17, 15) is 0 Å². The van der Waals surface area contributed by atoms with Gasteiger partial charge in [-0.3, -0.25) is 10.8 Å². The molecule has 15 heavy (non-hydrogen) atoms. The molecule has 1 rings (SSSR count). The molecule has 1 aromatic rings. The smallest absolute Gasteiger partial charge is 0.0880 e. The molecule has 0 fully saturated rings. The van der Waals surface area contributed by atoms with Gasteiger partial charge in [-0.1, -0.05) is 23.2 Å². The fourth-order valence-corrected chi connectivity index (χ4v) is 1.64. The van der Waals surface area contributed by atoms with Gasteiger partial charge in [0.1, 0.15) is 0 Å². The van der Waals surface area contributed by atoms with Crippen LogP contribution in [0, 0.1) is 0 Å². The highest BCUT2D eigenvalue weighted by Crippen LogP contribution is 2.23. The molecule has 84 valence electrons. The van der Waals surface area contributed by atoms with E-state index in [1.165, 1.54) is 6.20 Å². The van der Waals surface area contributed by atoms with Crippen LogP contribution in [0.3, 0.4) is 0 Å². The van der Waals surface area contributed by atoms with Crippen molar-refractivity contribution < 1.29 is 4.74 Å². The first-order chi connectivity index (χ1) is 7.19. The number of hydrogen-bond donors (Lipinski definition) is 2. The topological polar surface area (TPSA) is 60.2 Å². The number of nitrogens with one attached hydrogen (secondary N) is 1. The Balaban J connectivity index is 2.81. The summed E-state index contributed by atoms with van der Waals surface area (Å²) in [6.07, 6.45) is 1.53. The fourth-order valence-electron chi connectivity index (χ4n) is 1.12. The zero-order chi connectivity index (χ0) is 11.3. The van der Waals surface area contributed by atoms with Crippen LogP contribution < -0.4 is 11.3 Å². The molecule has 0 saturated heterocycles. The SMILES string of the molecule is CCOCC(NN)c1ncc(Cl)cc1Cl. The van der Waals surface area contributed by atoms with Crippen molar-refractivity contribution in [2.24, 2.45) is 5.84 Å². The Kier molecular flexibility index (Phi) is 5.28. The number of pyridine rings is 1. The Labute approximate surface area is 98.7 Å². The molecule has 3 N–H and O–H groups in total. The number of nitrogens with two attached hydrogens (primary N) is 1. The number of halogens is 2. The van der Waals surface area contributed by atoms with Gasteiger partial charge in [-0.25, -0.2) is 5.43 Å². The van der Waals surface area contributed by atoms with E-state index < -0.39 is 0 Å². The summed E-state index contributed by atoms with van der Waals surface area (Å²) in [5, 5.41) is 0.973. The van der Waals surface area contributed by atoms with E-state index in [1.807, 2.05) is 6.92 Å². The molecular weight excluding hydrogens is 237 g/mol. The molecule has 0 saturated carbocycles. The second kappa shape index (κ2) is 6.25. The molecule has 0 aromatic carbocycles. The van der Waals surface area contributed by atoms with Gasteiger partial charge in [-0.05, 0) is 13.0 Å². The third-order valence-electron chi connectivity index (χ3n) is 1.86. The van der Waals surface area contributed by atoms with Crippen LogP contribution in [0.2, 0.25) is 10.0 Å². The monoisotopic (exact) mass is 249 g/mol. The Morgan fingerprint density at radius 1 is 1.60 bits per heavy atom. The van der Waals surface area contributed by atoms with E-state index >= 15 is 0 Å². The van der Waals surface area contributed by atoms with Gasteiger partial charge < -0.3 is 4.74 Å². The van der Waals surface area contributed by atoms with Gasteiger partial charge in [-0.2, -0.15) is 0 Å². The predicted molar refractivity (Wildman–Crippen MR) is 60.8 cm³/mol. The lowest BCUT2D eigenvalue weighted by Gasteiger charge is -2.16. The van der Waals surface area contributed by atoms with Crippen molar-refractivity contribution in [3.8, 4) is 0 Å². The van der Waals surface area contributed by atoms with Crippen LogP contribution in [0.1, 0.15) is 18.7 Å². The highest BCUT2D eigenvalue weighted by Gasteiger charge is 2.15. The fraction of sp³-hybridized carbons (Fsp3) is 0.444. The summed E-state index contributed by atoms with van der Waals surface area (Å²) in [6.45, 7) is 2.94. The van der Waals surface area contributed by atoms with Crippen LogP contribution in [-0.4, -0.2) is 18.2 Å². The van der Waals surface area contributed by atoms with Gasteiger partial charge in [0.25, 0.3) is 0 Å². The average Bonchev–Trinajstić information content (AvgIpc) is 2.21. The maximum Gasteiger partial charge on any atom is 0.0880 e. The van der Waals surface area contributed by atoms with Gasteiger partial charge in [0.2, 0.25) is 0 Å². The maximum absolute atomic E-state index is 5.98. The summed E-state index contributed by atoms with van der Waals surface area (Å²) in [4.78, 5) is 4.12. The number of ether oxygens (including phenoxy) is 1. The molecule has 0 aliphatic carbocycles. The molecule has 1 atom stereocenters. The number of rotatable bonds is 5. The summed E-state index contributed by atoms with van der Waals surface area (Å²) in [7, 11) is 0. The van der Waals surface area contributed by atoms with Crippen molar-refractivity contribution in [1.29, 1.82) is 0 Å². The van der Waals surface area contributed by atoms with Crippen LogP contribution in [0.4, 0.5) is 0 Å². The number of hydrogen-bond acceptors (Lipinski definition) is 4. The van der Waals surface area contributed by atoms with Crippen molar-refractivity contribution in [2.75, 3.05) is 13.2 Å². The predicted octanol–water partition coefficient (Wildman–Crippen LogP) is 1.93. The summed E-state index contributed by atoms with van der Waals surface area (Å²) < 4.78 is 5.25. The van der Waals surface area contributed by atoms with Crippen molar-refractivity contribution in [3.63, 3.8) is 0 Å². The lowest BCUT2D eigenvalue weighted by molar-refractivity contribution is 0.122. The molecule has 0 aliphatic rings. The first-order valence-electron chi connectivity index (χ1n) is 4.53. The van der Waals surface area contributed by atoms with Crippen LogP contribution in [0.25, 0.3) is 0 Å². The van der Waals surface area contributed by atoms with Crippen molar-refractivity contribution in [2.45, 2.75) is 13.0 Å². The highest BCUT2D eigenvalue weighted by molar-refractivity contribution is 6.34. The molecule has 0 amide bonds. The normalized spacial score (nSPS) is 12.8. The van der Waals surface area contributed by atoms with Gasteiger partial charge in [0.05, 0.1) is 28.4 Å². The Morgan fingerprint density at radius 2 is 2.33 bits per heavy atom. The Bertz CT molecular complexity index is 322. The lowest BCUT2D eigenvalue weighted by atomic mass is 10.2. The minimum Gasteiger partial charge on any atom is -0.380 e. The maximum atomic E-state index is 5.98. The van der Waals surface area contributed by atoms with Crippen molar-refractivity contribution >= 4 is 23.2 Å². The van der Waals surface area contributed by atoms with Crippen molar-refractivity contribution in [1.82, 2.24) is 10.4 Å². The average molecular weight is 250 g/mol. The summed E-state index contributed by atoms with van der Waals surface area (Å²) >= 11 is 11.7. The molecule has 0 radical (unpaired) electrons. The summed E-state index contributed by atoms with van der Waals surface area (Å²) in [5.74, 6) is 5.39. The quantitative estimate of drug-likeness (QED) is 0.619. The van der Waals surface area contributed by atoms with Gasteiger partial charge >= 0.3 is 0 Å². The molecule has 6 heteroatoms. The Hall–Kier alpha value is -0.390. The second-order valence-corrected chi connectivity index (χ2v) is 3.74. The first-order valence-corrected chi connectivity index (χ1v) is 5.29. The molecule has 0 bridgehead atoms. The second-order valence-electron chi connectivity index (χ2n) is 2.90. The van der Waals surface area contributed by atoms with E-state index in [-0.39, 0.29) is 6.04 Å².